The van der Waals surface area contributed by atoms with Crippen LogP contribution in [0.5, 0.6) is 5.75 Å². The molecule has 162 valence electrons. The lowest BCUT2D eigenvalue weighted by atomic mass is 10.2. The van der Waals surface area contributed by atoms with E-state index in [9.17, 15) is 26.4 Å². The molecule has 0 aliphatic carbocycles. The second-order valence-corrected chi connectivity index (χ2v) is 9.07. The van der Waals surface area contributed by atoms with E-state index in [0.717, 1.165) is 37.1 Å². The standard InChI is InChI=1S/C19H19F3N2O4S2/c1-29-17-9-8-15(12-16(17)18(25)24-10-2-3-11-24)30(26,27)23-13-4-6-14(7-5-13)28-19(20,21)22/h4-9,12,23H,2-3,10-11H2,1H3. The largest absolute Gasteiger partial charge is 0.573 e. The van der Waals surface area contributed by atoms with Gasteiger partial charge in [-0.05, 0) is 61.6 Å². The van der Waals surface area contributed by atoms with Gasteiger partial charge in [0, 0.05) is 23.7 Å². The molecular formula is C19H19F3N2O4S2. The second-order valence-electron chi connectivity index (χ2n) is 6.54. The van der Waals surface area contributed by atoms with Crippen LogP contribution >= 0.6 is 11.8 Å². The highest BCUT2D eigenvalue weighted by Crippen LogP contribution is 2.28. The first-order valence-electron chi connectivity index (χ1n) is 8.95. The number of likely N-dealkylation sites (tertiary alicyclic amines) is 1. The van der Waals surface area contributed by atoms with E-state index in [1.165, 1.54) is 23.9 Å². The summed E-state index contributed by atoms with van der Waals surface area (Å²) in [7, 11) is -4.06. The van der Waals surface area contributed by atoms with Gasteiger partial charge in [0.15, 0.2) is 0 Å². The summed E-state index contributed by atoms with van der Waals surface area (Å²) in [5, 5.41) is 0. The quantitative estimate of drug-likeness (QED) is 0.649. The molecule has 0 radical (unpaired) electrons. The van der Waals surface area contributed by atoms with Gasteiger partial charge in [-0.3, -0.25) is 9.52 Å². The number of alkyl halides is 3. The van der Waals surface area contributed by atoms with Crippen molar-refractivity contribution in [3.05, 3.63) is 48.0 Å². The number of nitrogens with one attached hydrogen (secondary N) is 1. The Labute approximate surface area is 176 Å². The number of sulfonamides is 1. The summed E-state index contributed by atoms with van der Waals surface area (Å²) >= 11 is 1.34. The van der Waals surface area contributed by atoms with E-state index in [1.54, 1.807) is 17.2 Å². The van der Waals surface area contributed by atoms with E-state index in [-0.39, 0.29) is 16.5 Å². The molecule has 3 rings (SSSR count). The minimum Gasteiger partial charge on any atom is -0.406 e. The Morgan fingerprint density at radius 1 is 1.10 bits per heavy atom. The maximum atomic E-state index is 12.8. The van der Waals surface area contributed by atoms with Gasteiger partial charge >= 0.3 is 6.36 Å². The molecule has 0 spiro atoms. The number of carbonyl (C=O) groups excluding carboxylic acids is 1. The lowest BCUT2D eigenvalue weighted by molar-refractivity contribution is -0.274. The number of rotatable bonds is 6. The average Bonchev–Trinajstić information content (AvgIpc) is 3.22. The molecule has 1 heterocycles. The highest BCUT2D eigenvalue weighted by molar-refractivity contribution is 7.98. The molecule has 1 aliphatic heterocycles. The third kappa shape index (κ3) is 5.39. The predicted octanol–water partition coefficient (Wildman–Crippen LogP) is 4.34. The van der Waals surface area contributed by atoms with Crippen molar-refractivity contribution in [2.24, 2.45) is 0 Å². The molecule has 1 fully saturated rings. The lowest BCUT2D eigenvalue weighted by Crippen LogP contribution is -2.28. The van der Waals surface area contributed by atoms with Crippen molar-refractivity contribution in [2.45, 2.75) is 29.0 Å². The fourth-order valence-corrected chi connectivity index (χ4v) is 4.71. The van der Waals surface area contributed by atoms with Gasteiger partial charge in [0.25, 0.3) is 15.9 Å². The van der Waals surface area contributed by atoms with Crippen LogP contribution in [-0.2, 0) is 10.0 Å². The molecule has 0 saturated carbocycles. The fraction of sp³-hybridized carbons (Fsp3) is 0.316. The summed E-state index contributed by atoms with van der Waals surface area (Å²) in [5.74, 6) is -0.684. The third-order valence-electron chi connectivity index (χ3n) is 4.45. The number of benzene rings is 2. The molecule has 11 heteroatoms. The molecule has 30 heavy (non-hydrogen) atoms. The van der Waals surface area contributed by atoms with Crippen LogP contribution in [0.3, 0.4) is 0 Å². The van der Waals surface area contributed by atoms with Crippen LogP contribution in [0.2, 0.25) is 0 Å². The molecular weight excluding hydrogens is 441 g/mol. The SMILES string of the molecule is CSc1ccc(S(=O)(=O)Nc2ccc(OC(F)(F)F)cc2)cc1C(=O)N1CCCC1. The molecule has 1 amide bonds. The number of anilines is 1. The van der Waals surface area contributed by atoms with E-state index in [4.69, 9.17) is 0 Å². The van der Waals surface area contributed by atoms with Crippen molar-refractivity contribution >= 4 is 33.4 Å². The molecule has 2 aromatic carbocycles. The van der Waals surface area contributed by atoms with E-state index >= 15 is 0 Å². The van der Waals surface area contributed by atoms with Gasteiger partial charge in [0.05, 0.1) is 10.5 Å². The summed E-state index contributed by atoms with van der Waals surface area (Å²) in [6, 6.07) is 8.61. The molecule has 1 aliphatic rings. The van der Waals surface area contributed by atoms with Crippen LogP contribution in [0.15, 0.2) is 52.3 Å². The van der Waals surface area contributed by atoms with Crippen molar-refractivity contribution in [1.29, 1.82) is 0 Å². The van der Waals surface area contributed by atoms with Gasteiger partial charge < -0.3 is 9.64 Å². The Balaban J connectivity index is 1.83. The first-order valence-corrected chi connectivity index (χ1v) is 11.7. The van der Waals surface area contributed by atoms with Crippen molar-refractivity contribution in [2.75, 3.05) is 24.1 Å². The van der Waals surface area contributed by atoms with Crippen molar-refractivity contribution in [3.8, 4) is 5.75 Å². The number of nitrogens with zero attached hydrogens (tertiary/aromatic N) is 1. The number of hydrogen-bond acceptors (Lipinski definition) is 5. The first-order chi connectivity index (χ1) is 14.1. The number of thioether (sulfide) groups is 1. The van der Waals surface area contributed by atoms with Crippen molar-refractivity contribution in [3.63, 3.8) is 0 Å². The molecule has 0 atom stereocenters. The molecule has 2 aromatic rings. The fourth-order valence-electron chi connectivity index (χ4n) is 3.05. The monoisotopic (exact) mass is 460 g/mol. The highest BCUT2D eigenvalue weighted by atomic mass is 32.2. The summed E-state index contributed by atoms with van der Waals surface area (Å²) < 4.78 is 68.3. The van der Waals surface area contributed by atoms with Gasteiger partial charge in [-0.2, -0.15) is 0 Å². The smallest absolute Gasteiger partial charge is 0.406 e. The summed E-state index contributed by atoms with van der Waals surface area (Å²) in [5.41, 5.74) is 0.368. The number of hydrogen-bond donors (Lipinski definition) is 1. The number of carbonyl (C=O) groups is 1. The Morgan fingerprint density at radius 2 is 1.73 bits per heavy atom. The highest BCUT2D eigenvalue weighted by Gasteiger charge is 2.31. The predicted molar refractivity (Wildman–Crippen MR) is 107 cm³/mol. The van der Waals surface area contributed by atoms with Crippen LogP contribution in [-0.4, -0.2) is 44.9 Å². The average molecular weight is 460 g/mol. The number of ether oxygens (including phenoxy) is 1. The molecule has 0 aromatic heterocycles. The first kappa shape index (κ1) is 22.3. The lowest BCUT2D eigenvalue weighted by Gasteiger charge is -2.18. The van der Waals surface area contributed by atoms with Crippen LogP contribution in [0.4, 0.5) is 18.9 Å². The third-order valence-corrected chi connectivity index (χ3v) is 6.62. The molecule has 0 bridgehead atoms. The van der Waals surface area contributed by atoms with Crippen molar-refractivity contribution in [1.82, 2.24) is 4.90 Å². The number of amides is 1. The van der Waals surface area contributed by atoms with E-state index in [0.29, 0.717) is 23.5 Å². The molecule has 0 unspecified atom stereocenters. The zero-order chi connectivity index (χ0) is 21.9. The van der Waals surface area contributed by atoms with Crippen LogP contribution in [0.25, 0.3) is 0 Å². The second kappa shape index (κ2) is 8.76. The maximum absolute atomic E-state index is 12.8. The van der Waals surface area contributed by atoms with Crippen LogP contribution in [0.1, 0.15) is 23.2 Å². The van der Waals surface area contributed by atoms with Crippen LogP contribution in [0, 0.1) is 0 Å². The van der Waals surface area contributed by atoms with E-state index < -0.39 is 22.1 Å². The Bertz CT molecular complexity index is 1020. The maximum Gasteiger partial charge on any atom is 0.573 e. The van der Waals surface area contributed by atoms with Gasteiger partial charge in [0.2, 0.25) is 0 Å². The van der Waals surface area contributed by atoms with Crippen LogP contribution < -0.4 is 9.46 Å². The van der Waals surface area contributed by atoms with Gasteiger partial charge in [-0.1, -0.05) is 0 Å². The topological polar surface area (TPSA) is 75.7 Å². The molecule has 1 N–H and O–H groups in total. The molecule has 1 saturated heterocycles. The zero-order valence-corrected chi connectivity index (χ0v) is 17.5. The summed E-state index contributed by atoms with van der Waals surface area (Å²) in [6.07, 6.45) is -1.21. The minimum atomic E-state index is -4.83. The van der Waals surface area contributed by atoms with Crippen molar-refractivity contribution < 1.29 is 31.1 Å². The zero-order valence-electron chi connectivity index (χ0n) is 15.9. The normalized spacial score (nSPS) is 14.6. The Kier molecular flexibility index (Phi) is 6.51. The Hall–Kier alpha value is -2.40. The molecule has 6 nitrogen and oxygen atoms in total. The van der Waals surface area contributed by atoms with E-state index in [1.807, 2.05) is 0 Å². The summed E-state index contributed by atoms with van der Waals surface area (Å²) in [4.78, 5) is 15.1. The van der Waals surface area contributed by atoms with Gasteiger partial charge in [0.1, 0.15) is 5.75 Å². The van der Waals surface area contributed by atoms with Gasteiger partial charge in [-0.15, -0.1) is 24.9 Å². The summed E-state index contributed by atoms with van der Waals surface area (Å²) in [6.45, 7) is 1.27. The number of halogens is 3. The van der Waals surface area contributed by atoms with E-state index in [2.05, 4.69) is 9.46 Å². The Morgan fingerprint density at radius 3 is 2.30 bits per heavy atom. The minimum absolute atomic E-state index is 0.0610. The van der Waals surface area contributed by atoms with Gasteiger partial charge in [-0.25, -0.2) is 8.42 Å².